The molecule has 2 aromatic carbocycles. The number of non-ortho nitro benzene ring substituents is 1. The van der Waals surface area contributed by atoms with Gasteiger partial charge in [0, 0.05) is 38.3 Å². The Morgan fingerprint density at radius 1 is 1.32 bits per heavy atom. The fourth-order valence-electron chi connectivity index (χ4n) is 3.31. The monoisotopic (exact) mass is 464 g/mol. The Balaban J connectivity index is 1.70. The molecular formula is C20H18ClFN4O4S. The van der Waals surface area contributed by atoms with Crippen molar-refractivity contribution in [1.82, 2.24) is 9.88 Å². The molecule has 1 aromatic heterocycles. The smallest absolute Gasteiger partial charge is 0.270 e. The number of rotatable bonds is 6. The number of fused-ring (bicyclic) bond motifs is 1. The van der Waals surface area contributed by atoms with E-state index in [1.165, 1.54) is 34.4 Å². The third-order valence-electron chi connectivity index (χ3n) is 4.97. The molecule has 31 heavy (non-hydrogen) atoms. The van der Waals surface area contributed by atoms with Gasteiger partial charge in [0.15, 0.2) is 5.13 Å². The summed E-state index contributed by atoms with van der Waals surface area (Å²) in [6, 6.07) is 8.33. The fourth-order valence-corrected chi connectivity index (χ4v) is 4.51. The van der Waals surface area contributed by atoms with Crippen LogP contribution in [0.3, 0.4) is 0 Å². The number of nitro groups is 1. The van der Waals surface area contributed by atoms with Crippen LogP contribution in [0.4, 0.5) is 15.2 Å². The van der Waals surface area contributed by atoms with E-state index < -0.39 is 16.6 Å². The molecule has 11 heteroatoms. The predicted octanol–water partition coefficient (Wildman–Crippen LogP) is 3.98. The van der Waals surface area contributed by atoms with Gasteiger partial charge in [0.2, 0.25) is 0 Å². The molecule has 1 aliphatic heterocycles. The number of carbonyl (C=O) groups is 1. The molecule has 1 aliphatic rings. The molecule has 0 N–H and O–H groups in total. The Morgan fingerprint density at radius 3 is 2.81 bits per heavy atom. The lowest BCUT2D eigenvalue weighted by atomic mass is 10.1. The Kier molecular flexibility index (Phi) is 6.42. The zero-order chi connectivity index (χ0) is 22.0. The van der Waals surface area contributed by atoms with Crippen molar-refractivity contribution in [2.24, 2.45) is 0 Å². The van der Waals surface area contributed by atoms with Gasteiger partial charge in [-0.3, -0.25) is 24.7 Å². The lowest BCUT2D eigenvalue weighted by Gasteiger charge is -2.29. The van der Waals surface area contributed by atoms with Gasteiger partial charge in [0.25, 0.3) is 11.6 Å². The van der Waals surface area contributed by atoms with Crippen molar-refractivity contribution in [2.75, 3.05) is 44.3 Å². The van der Waals surface area contributed by atoms with E-state index in [9.17, 15) is 19.3 Å². The molecule has 0 radical (unpaired) electrons. The first-order chi connectivity index (χ1) is 14.9. The first-order valence-electron chi connectivity index (χ1n) is 9.55. The first-order valence-corrected chi connectivity index (χ1v) is 10.7. The molecule has 0 atom stereocenters. The van der Waals surface area contributed by atoms with E-state index >= 15 is 0 Å². The molecule has 0 aliphatic carbocycles. The molecule has 8 nitrogen and oxygen atoms in total. The number of hydrogen-bond donors (Lipinski definition) is 0. The molecule has 1 amide bonds. The van der Waals surface area contributed by atoms with E-state index in [4.69, 9.17) is 16.3 Å². The first kappa shape index (κ1) is 21.6. The number of anilines is 1. The molecule has 162 valence electrons. The minimum Gasteiger partial charge on any atom is -0.379 e. The normalized spacial score (nSPS) is 14.6. The standard InChI is InChI=1S/C20H18ClFN4O4S/c21-15-5-4-13(26(28)29)12-14(15)19(27)25(7-6-24-8-10-30-11-9-24)20-23-18-16(22)2-1-3-17(18)31-20/h1-5,12H,6-11H2. The number of carbonyl (C=O) groups excluding carboxylic acids is 1. The van der Waals surface area contributed by atoms with E-state index in [-0.39, 0.29) is 28.3 Å². The topological polar surface area (TPSA) is 88.8 Å². The molecule has 0 bridgehead atoms. The van der Waals surface area contributed by atoms with E-state index in [0.29, 0.717) is 29.6 Å². The Labute approximate surface area is 185 Å². The molecular weight excluding hydrogens is 447 g/mol. The summed E-state index contributed by atoms with van der Waals surface area (Å²) in [6.45, 7) is 3.48. The Morgan fingerprint density at radius 2 is 2.10 bits per heavy atom. The van der Waals surface area contributed by atoms with Crippen LogP contribution in [0.15, 0.2) is 36.4 Å². The van der Waals surface area contributed by atoms with Crippen LogP contribution in [0.25, 0.3) is 10.2 Å². The molecule has 1 fully saturated rings. The SMILES string of the molecule is O=C(c1cc([N+](=O)[O-])ccc1Cl)N(CCN1CCOCC1)c1nc2c(F)cccc2s1. The highest BCUT2D eigenvalue weighted by atomic mass is 35.5. The van der Waals surface area contributed by atoms with Crippen molar-refractivity contribution < 1.29 is 18.8 Å². The molecule has 2 heterocycles. The minimum atomic E-state index is -0.585. The molecule has 0 unspecified atom stereocenters. The van der Waals surface area contributed by atoms with Crippen molar-refractivity contribution in [3.05, 3.63) is 62.9 Å². The highest BCUT2D eigenvalue weighted by Crippen LogP contribution is 2.32. The Hall–Kier alpha value is -2.66. The minimum absolute atomic E-state index is 0.00225. The van der Waals surface area contributed by atoms with E-state index in [1.54, 1.807) is 12.1 Å². The van der Waals surface area contributed by atoms with Crippen molar-refractivity contribution >= 4 is 49.9 Å². The summed E-state index contributed by atoms with van der Waals surface area (Å²) in [7, 11) is 0. The van der Waals surface area contributed by atoms with Gasteiger partial charge in [0.05, 0.1) is 33.4 Å². The van der Waals surface area contributed by atoms with Gasteiger partial charge in [-0.15, -0.1) is 0 Å². The van der Waals surface area contributed by atoms with Gasteiger partial charge in [-0.05, 0) is 18.2 Å². The van der Waals surface area contributed by atoms with Crippen LogP contribution in [-0.4, -0.2) is 60.1 Å². The lowest BCUT2D eigenvalue weighted by molar-refractivity contribution is -0.384. The maximum absolute atomic E-state index is 14.2. The van der Waals surface area contributed by atoms with Gasteiger partial charge in [-0.25, -0.2) is 9.37 Å². The zero-order valence-corrected chi connectivity index (χ0v) is 17.9. The number of hydrogen-bond acceptors (Lipinski definition) is 7. The third-order valence-corrected chi connectivity index (χ3v) is 6.34. The van der Waals surface area contributed by atoms with E-state index in [2.05, 4.69) is 9.88 Å². The number of benzene rings is 2. The summed E-state index contributed by atoms with van der Waals surface area (Å²) in [5.41, 5.74) is -0.0643. The van der Waals surface area contributed by atoms with Crippen LogP contribution < -0.4 is 4.90 Å². The summed E-state index contributed by atoms with van der Waals surface area (Å²) in [5, 5.41) is 11.6. The van der Waals surface area contributed by atoms with E-state index in [0.717, 1.165) is 19.2 Å². The third kappa shape index (κ3) is 4.67. The number of ether oxygens (including phenoxy) is 1. The van der Waals surface area contributed by atoms with Gasteiger partial charge in [-0.1, -0.05) is 29.0 Å². The average Bonchev–Trinajstić information content (AvgIpc) is 3.20. The van der Waals surface area contributed by atoms with Crippen LogP contribution in [0, 0.1) is 15.9 Å². The number of amides is 1. The van der Waals surface area contributed by atoms with Gasteiger partial charge >= 0.3 is 0 Å². The second kappa shape index (κ2) is 9.23. The largest absolute Gasteiger partial charge is 0.379 e. The maximum atomic E-state index is 14.2. The van der Waals surface area contributed by atoms with Crippen molar-refractivity contribution in [2.45, 2.75) is 0 Å². The molecule has 1 saturated heterocycles. The number of para-hydroxylation sites is 1. The van der Waals surface area contributed by atoms with Gasteiger partial charge < -0.3 is 4.74 Å². The quantitative estimate of drug-likeness (QED) is 0.405. The van der Waals surface area contributed by atoms with Crippen LogP contribution in [0.1, 0.15) is 10.4 Å². The molecule has 0 saturated carbocycles. The second-order valence-electron chi connectivity index (χ2n) is 6.92. The molecule has 4 rings (SSSR count). The highest BCUT2D eigenvalue weighted by molar-refractivity contribution is 7.22. The van der Waals surface area contributed by atoms with Crippen LogP contribution >= 0.6 is 22.9 Å². The van der Waals surface area contributed by atoms with E-state index in [1.807, 2.05) is 0 Å². The Bertz CT molecular complexity index is 1140. The summed E-state index contributed by atoms with van der Waals surface area (Å²) >= 11 is 7.39. The van der Waals surface area contributed by atoms with Gasteiger partial charge in [0.1, 0.15) is 11.3 Å². The predicted molar refractivity (Wildman–Crippen MR) is 117 cm³/mol. The maximum Gasteiger partial charge on any atom is 0.270 e. The van der Waals surface area contributed by atoms with Crippen LogP contribution in [-0.2, 0) is 4.74 Å². The summed E-state index contributed by atoms with van der Waals surface area (Å²) < 4.78 is 20.2. The summed E-state index contributed by atoms with van der Waals surface area (Å²) in [6.07, 6.45) is 0. The fraction of sp³-hybridized carbons (Fsp3) is 0.300. The summed E-state index contributed by atoms with van der Waals surface area (Å²) in [5.74, 6) is -1.00. The van der Waals surface area contributed by atoms with Crippen molar-refractivity contribution in [1.29, 1.82) is 0 Å². The van der Waals surface area contributed by atoms with Crippen molar-refractivity contribution in [3.63, 3.8) is 0 Å². The van der Waals surface area contributed by atoms with Crippen molar-refractivity contribution in [3.8, 4) is 0 Å². The zero-order valence-electron chi connectivity index (χ0n) is 16.3. The number of halogens is 2. The summed E-state index contributed by atoms with van der Waals surface area (Å²) in [4.78, 5) is 31.9. The number of thiazole rings is 1. The lowest BCUT2D eigenvalue weighted by Crippen LogP contribution is -2.43. The number of nitro benzene ring substituents is 1. The number of nitrogens with zero attached hydrogens (tertiary/aromatic N) is 4. The second-order valence-corrected chi connectivity index (χ2v) is 8.33. The highest BCUT2D eigenvalue weighted by Gasteiger charge is 2.26. The number of morpholine rings is 1. The van der Waals surface area contributed by atoms with Crippen LogP contribution in [0.5, 0.6) is 0 Å². The van der Waals surface area contributed by atoms with Gasteiger partial charge in [-0.2, -0.15) is 0 Å². The average molecular weight is 465 g/mol. The molecule has 0 spiro atoms. The molecule has 3 aromatic rings. The number of aromatic nitrogens is 1. The van der Waals surface area contributed by atoms with Crippen LogP contribution in [0.2, 0.25) is 5.02 Å².